The van der Waals surface area contributed by atoms with Gasteiger partial charge in [-0.15, -0.1) is 0 Å². The zero-order chi connectivity index (χ0) is 18.9. The van der Waals surface area contributed by atoms with E-state index in [1.807, 2.05) is 0 Å². The Morgan fingerprint density at radius 2 is 1.85 bits per heavy atom. The van der Waals surface area contributed by atoms with Gasteiger partial charge in [0.05, 0.1) is 11.4 Å². The van der Waals surface area contributed by atoms with E-state index in [0.29, 0.717) is 25.9 Å². The number of nitrogens with one attached hydrogen (secondary N) is 1. The molecule has 0 unspecified atom stereocenters. The average Bonchev–Trinajstić information content (AvgIpc) is 3.08. The van der Waals surface area contributed by atoms with Crippen LogP contribution in [0.4, 0.5) is 14.9 Å². The molecular weight excluding hydrogens is 345 g/mol. The Morgan fingerprint density at radius 3 is 2.56 bits per heavy atom. The van der Waals surface area contributed by atoms with E-state index in [2.05, 4.69) is 41.7 Å². The average molecular weight is 367 g/mol. The Balaban J connectivity index is 1.35. The second kappa shape index (κ2) is 7.02. The second-order valence-electron chi connectivity index (χ2n) is 7.25. The molecule has 1 spiro atoms. The van der Waals surface area contributed by atoms with Crippen LogP contribution >= 0.6 is 0 Å². The van der Waals surface area contributed by atoms with Crippen LogP contribution in [0.3, 0.4) is 0 Å². The van der Waals surface area contributed by atoms with Crippen LogP contribution in [0.1, 0.15) is 30.4 Å². The molecule has 4 rings (SSSR count). The predicted octanol–water partition coefficient (Wildman–Crippen LogP) is 4.33. The number of carbonyl (C=O) groups is 1. The number of para-hydroxylation sites is 1. The van der Waals surface area contributed by atoms with Crippen molar-refractivity contribution in [2.75, 3.05) is 18.4 Å². The highest BCUT2D eigenvalue weighted by atomic mass is 19.1. The van der Waals surface area contributed by atoms with Crippen molar-refractivity contribution >= 4 is 17.4 Å². The number of urea groups is 1. The molecule has 6 heteroatoms. The van der Waals surface area contributed by atoms with Gasteiger partial charge in [-0.3, -0.25) is 0 Å². The lowest BCUT2D eigenvalue weighted by Gasteiger charge is -2.37. The maximum atomic E-state index is 13.7. The maximum Gasteiger partial charge on any atom is 0.321 e. The summed E-state index contributed by atoms with van der Waals surface area (Å²) in [5.41, 5.74) is 3.11. The highest BCUT2D eigenvalue weighted by Gasteiger charge is 2.43. The summed E-state index contributed by atoms with van der Waals surface area (Å²) in [5.74, 6) is -0.436. The number of benzene rings is 2. The third-order valence-electron chi connectivity index (χ3n) is 5.30. The van der Waals surface area contributed by atoms with Crippen LogP contribution < -0.4 is 5.32 Å². The molecule has 0 bridgehead atoms. The van der Waals surface area contributed by atoms with Gasteiger partial charge in [0.25, 0.3) is 0 Å². The summed E-state index contributed by atoms with van der Waals surface area (Å²) >= 11 is 0. The quantitative estimate of drug-likeness (QED) is 0.859. The molecule has 1 fully saturated rings. The zero-order valence-corrected chi connectivity index (χ0v) is 15.2. The lowest BCUT2D eigenvalue weighted by molar-refractivity contribution is -0.0544. The number of rotatable bonds is 2. The van der Waals surface area contributed by atoms with Crippen molar-refractivity contribution < 1.29 is 14.0 Å². The predicted molar refractivity (Wildman–Crippen MR) is 102 cm³/mol. The number of amides is 2. The molecule has 5 nitrogen and oxygen atoms in total. The number of anilines is 1. The van der Waals surface area contributed by atoms with Crippen LogP contribution in [-0.2, 0) is 4.84 Å². The molecule has 0 aromatic heterocycles. The van der Waals surface area contributed by atoms with E-state index in [9.17, 15) is 9.18 Å². The monoisotopic (exact) mass is 367 g/mol. The molecule has 0 radical (unpaired) electrons. The summed E-state index contributed by atoms with van der Waals surface area (Å²) in [5, 5.41) is 6.95. The zero-order valence-electron chi connectivity index (χ0n) is 15.2. The van der Waals surface area contributed by atoms with E-state index in [-0.39, 0.29) is 17.3 Å². The molecule has 2 heterocycles. The Bertz CT molecular complexity index is 871. The van der Waals surface area contributed by atoms with Gasteiger partial charge in [-0.05, 0) is 24.6 Å². The Labute approximate surface area is 157 Å². The minimum absolute atomic E-state index is 0.199. The van der Waals surface area contributed by atoms with Gasteiger partial charge in [-0.2, -0.15) is 0 Å². The molecule has 2 aromatic carbocycles. The van der Waals surface area contributed by atoms with Crippen LogP contribution in [0.5, 0.6) is 0 Å². The number of hydrogen-bond acceptors (Lipinski definition) is 3. The Hall–Kier alpha value is -2.89. The number of carbonyl (C=O) groups excluding carboxylic acids is 1. The van der Waals surface area contributed by atoms with Crippen LogP contribution in [0.2, 0.25) is 0 Å². The number of oxime groups is 1. The van der Waals surface area contributed by atoms with Gasteiger partial charge in [-0.25, -0.2) is 9.18 Å². The second-order valence-corrected chi connectivity index (χ2v) is 7.25. The normalized spacial score (nSPS) is 18.1. The standard InChI is InChI=1S/C21H22FN3O2/c1-15-6-8-16(9-7-15)19-14-21(27-24-19)10-12-25(13-11-21)20(26)23-18-5-3-2-4-17(18)22/h2-9H,10-14H2,1H3,(H,23,26). The molecule has 140 valence electrons. The first-order chi connectivity index (χ1) is 13.0. The summed E-state index contributed by atoms with van der Waals surface area (Å²) in [6.07, 6.45) is 2.16. The van der Waals surface area contributed by atoms with Gasteiger partial charge >= 0.3 is 6.03 Å². The minimum atomic E-state index is -0.436. The molecule has 1 saturated heterocycles. The van der Waals surface area contributed by atoms with Gasteiger partial charge < -0.3 is 15.1 Å². The lowest BCUT2D eigenvalue weighted by Crippen LogP contribution is -2.48. The van der Waals surface area contributed by atoms with Gasteiger partial charge in [0.1, 0.15) is 11.4 Å². The fourth-order valence-corrected chi connectivity index (χ4v) is 3.56. The molecular formula is C21H22FN3O2. The minimum Gasteiger partial charge on any atom is -0.388 e. The van der Waals surface area contributed by atoms with Crippen molar-refractivity contribution in [1.29, 1.82) is 0 Å². The highest BCUT2D eigenvalue weighted by Crippen LogP contribution is 2.36. The van der Waals surface area contributed by atoms with Crippen molar-refractivity contribution in [3.05, 3.63) is 65.5 Å². The van der Waals surface area contributed by atoms with Crippen LogP contribution in [0, 0.1) is 12.7 Å². The van der Waals surface area contributed by atoms with E-state index >= 15 is 0 Å². The van der Waals surface area contributed by atoms with Crippen LogP contribution in [-0.4, -0.2) is 35.3 Å². The third kappa shape index (κ3) is 3.65. The van der Waals surface area contributed by atoms with E-state index in [1.54, 1.807) is 23.1 Å². The molecule has 1 N–H and O–H groups in total. The summed E-state index contributed by atoms with van der Waals surface area (Å²) in [7, 11) is 0. The van der Waals surface area contributed by atoms with Crippen molar-refractivity contribution in [2.45, 2.75) is 31.8 Å². The molecule has 0 saturated carbocycles. The van der Waals surface area contributed by atoms with Gasteiger partial charge in [0.15, 0.2) is 0 Å². The number of hydrogen-bond donors (Lipinski definition) is 1. The molecule has 2 aliphatic heterocycles. The maximum absolute atomic E-state index is 13.7. The van der Waals surface area contributed by atoms with Crippen molar-refractivity contribution in [3.63, 3.8) is 0 Å². The first kappa shape index (κ1) is 17.5. The Morgan fingerprint density at radius 1 is 1.15 bits per heavy atom. The fourth-order valence-electron chi connectivity index (χ4n) is 3.56. The summed E-state index contributed by atoms with van der Waals surface area (Å²) < 4.78 is 13.7. The Kier molecular flexibility index (Phi) is 4.56. The van der Waals surface area contributed by atoms with Crippen molar-refractivity contribution in [1.82, 2.24) is 4.90 Å². The topological polar surface area (TPSA) is 53.9 Å². The number of aryl methyl sites for hydroxylation is 1. The molecule has 0 aliphatic carbocycles. The fraction of sp³-hybridized carbons (Fsp3) is 0.333. The highest BCUT2D eigenvalue weighted by molar-refractivity contribution is 6.01. The first-order valence-corrected chi connectivity index (χ1v) is 9.17. The van der Waals surface area contributed by atoms with Gasteiger partial charge in [0.2, 0.25) is 0 Å². The lowest BCUT2D eigenvalue weighted by atomic mass is 9.85. The smallest absolute Gasteiger partial charge is 0.321 e. The summed E-state index contributed by atoms with van der Waals surface area (Å²) in [6, 6.07) is 14.2. The molecule has 2 amide bonds. The number of piperidine rings is 1. The number of likely N-dealkylation sites (tertiary alicyclic amines) is 1. The number of nitrogens with zero attached hydrogens (tertiary/aromatic N) is 2. The van der Waals surface area contributed by atoms with Crippen LogP contribution in [0.15, 0.2) is 53.7 Å². The van der Waals surface area contributed by atoms with Crippen molar-refractivity contribution in [3.8, 4) is 0 Å². The van der Waals surface area contributed by atoms with Crippen LogP contribution in [0.25, 0.3) is 0 Å². The number of halogens is 1. The molecule has 2 aliphatic rings. The molecule has 27 heavy (non-hydrogen) atoms. The molecule has 2 aromatic rings. The van der Waals surface area contributed by atoms with E-state index in [4.69, 9.17) is 4.84 Å². The van der Waals surface area contributed by atoms with Gasteiger partial charge in [0, 0.05) is 32.4 Å². The molecule has 0 atom stereocenters. The van der Waals surface area contributed by atoms with E-state index < -0.39 is 5.82 Å². The van der Waals surface area contributed by atoms with Crippen molar-refractivity contribution in [2.24, 2.45) is 5.16 Å². The summed E-state index contributed by atoms with van der Waals surface area (Å²) in [4.78, 5) is 19.9. The van der Waals surface area contributed by atoms with E-state index in [1.165, 1.54) is 11.6 Å². The SMILES string of the molecule is Cc1ccc(C2=NOC3(CCN(C(=O)Nc4ccccc4F)CC3)C2)cc1. The largest absolute Gasteiger partial charge is 0.388 e. The summed E-state index contributed by atoms with van der Waals surface area (Å²) in [6.45, 7) is 3.16. The van der Waals surface area contributed by atoms with Gasteiger partial charge in [-0.1, -0.05) is 47.1 Å². The first-order valence-electron chi connectivity index (χ1n) is 9.17. The van der Waals surface area contributed by atoms with E-state index in [0.717, 1.165) is 17.7 Å². The third-order valence-corrected chi connectivity index (χ3v) is 5.30.